The van der Waals surface area contributed by atoms with E-state index in [1.54, 1.807) is 24.3 Å². The summed E-state index contributed by atoms with van der Waals surface area (Å²) in [5.41, 5.74) is 0.470. The standard InChI is InChI=1S/C22H27FN2O4.5H2S/c1-13-7-9-14(10-8-13)18(24-21(27)15-5-3-2-4-6-15)22(28)25-11-16(23)20-19(25)17(26)12-29-20;;;;;/h2-6,13-14,16,18-20H,7-12H2,1H3,(H,24,27);5*1H2/t13?,14?,16-,18-,19+,20+;;;;;/m0...../s1. The van der Waals surface area contributed by atoms with Crippen LogP contribution in [0.1, 0.15) is 43.0 Å². The van der Waals surface area contributed by atoms with Crippen LogP contribution in [0.5, 0.6) is 0 Å². The number of ether oxygens (including phenoxy) is 1. The number of halogens is 1. The summed E-state index contributed by atoms with van der Waals surface area (Å²) in [6, 6.07) is 7.09. The largest absolute Gasteiger partial charge is 0.365 e. The van der Waals surface area contributed by atoms with Crippen molar-refractivity contribution in [3.63, 3.8) is 0 Å². The third-order valence-corrected chi connectivity index (χ3v) is 6.53. The molecule has 4 rings (SSSR count). The number of carbonyl (C=O) groups excluding carboxylic acids is 3. The van der Waals surface area contributed by atoms with E-state index in [1.165, 1.54) is 4.90 Å². The van der Waals surface area contributed by atoms with E-state index in [0.29, 0.717) is 11.5 Å². The second-order valence-corrected chi connectivity index (χ2v) is 8.53. The quantitative estimate of drug-likeness (QED) is 0.602. The zero-order valence-corrected chi connectivity index (χ0v) is 24.1. The number of hydrogen-bond donors (Lipinski definition) is 1. The van der Waals surface area contributed by atoms with E-state index in [1.807, 2.05) is 6.07 Å². The van der Waals surface area contributed by atoms with Crippen molar-refractivity contribution in [2.24, 2.45) is 11.8 Å². The van der Waals surface area contributed by atoms with Crippen molar-refractivity contribution in [2.75, 3.05) is 13.2 Å². The molecule has 12 heteroatoms. The third-order valence-electron chi connectivity index (χ3n) is 6.53. The molecule has 6 nitrogen and oxygen atoms in total. The van der Waals surface area contributed by atoms with Crippen LogP contribution in [0, 0.1) is 11.8 Å². The van der Waals surface area contributed by atoms with Crippen molar-refractivity contribution in [3.05, 3.63) is 35.9 Å². The second-order valence-electron chi connectivity index (χ2n) is 8.53. The molecule has 2 saturated heterocycles. The van der Waals surface area contributed by atoms with Gasteiger partial charge in [-0.2, -0.15) is 67.5 Å². The van der Waals surface area contributed by atoms with Crippen LogP contribution in [0.25, 0.3) is 0 Å². The summed E-state index contributed by atoms with van der Waals surface area (Å²) in [5, 5.41) is 2.90. The van der Waals surface area contributed by atoms with E-state index in [2.05, 4.69) is 12.2 Å². The number of carbonyl (C=O) groups is 3. The monoisotopic (exact) mass is 572 g/mol. The molecular formula is C22H37FN2O4S5. The highest BCUT2D eigenvalue weighted by Gasteiger charge is 2.54. The van der Waals surface area contributed by atoms with Gasteiger partial charge in [0.2, 0.25) is 5.91 Å². The summed E-state index contributed by atoms with van der Waals surface area (Å²) in [7, 11) is 0. The average molecular weight is 573 g/mol. The summed E-state index contributed by atoms with van der Waals surface area (Å²) < 4.78 is 19.7. The highest BCUT2D eigenvalue weighted by molar-refractivity contribution is 7.60. The number of nitrogens with zero attached hydrogens (tertiary/aromatic N) is 1. The van der Waals surface area contributed by atoms with Crippen LogP contribution in [0.4, 0.5) is 4.39 Å². The fraction of sp³-hybridized carbons (Fsp3) is 0.591. The Hall–Kier alpha value is -0.530. The molecule has 34 heavy (non-hydrogen) atoms. The van der Waals surface area contributed by atoms with Gasteiger partial charge in [-0.15, -0.1) is 0 Å². The first-order chi connectivity index (χ1) is 14.0. The molecule has 2 heterocycles. The maximum absolute atomic E-state index is 14.4. The van der Waals surface area contributed by atoms with Gasteiger partial charge in [-0.25, -0.2) is 4.39 Å². The van der Waals surface area contributed by atoms with Gasteiger partial charge in [-0.05, 0) is 36.8 Å². The maximum atomic E-state index is 14.4. The van der Waals surface area contributed by atoms with E-state index in [4.69, 9.17) is 4.74 Å². The van der Waals surface area contributed by atoms with Gasteiger partial charge >= 0.3 is 0 Å². The van der Waals surface area contributed by atoms with Crippen LogP contribution in [-0.2, 0) is 14.3 Å². The van der Waals surface area contributed by atoms with Crippen molar-refractivity contribution >= 4 is 85.1 Å². The molecule has 4 atom stereocenters. The van der Waals surface area contributed by atoms with Crippen molar-refractivity contribution in [1.82, 2.24) is 10.2 Å². The van der Waals surface area contributed by atoms with Crippen molar-refractivity contribution in [3.8, 4) is 0 Å². The van der Waals surface area contributed by atoms with E-state index in [9.17, 15) is 18.8 Å². The summed E-state index contributed by atoms with van der Waals surface area (Å²) in [4.78, 5) is 39.8. The van der Waals surface area contributed by atoms with Crippen LogP contribution < -0.4 is 5.32 Å². The number of Topliss-reactive ketones (excluding diaryl/α,β-unsaturated/α-hetero) is 1. The molecule has 0 bridgehead atoms. The van der Waals surface area contributed by atoms with Crippen LogP contribution in [0.2, 0.25) is 0 Å². The number of alkyl halides is 1. The summed E-state index contributed by atoms with van der Waals surface area (Å²) >= 11 is 0. The minimum absolute atomic E-state index is 0. The Labute approximate surface area is 235 Å². The number of nitrogens with one attached hydrogen (secondary N) is 1. The van der Waals surface area contributed by atoms with Gasteiger partial charge in [0.1, 0.15) is 31.0 Å². The van der Waals surface area contributed by atoms with Crippen molar-refractivity contribution in [1.29, 1.82) is 0 Å². The molecule has 0 radical (unpaired) electrons. The Balaban J connectivity index is 0. The van der Waals surface area contributed by atoms with Gasteiger partial charge in [0.15, 0.2) is 5.78 Å². The number of hydrogen-bond acceptors (Lipinski definition) is 4. The van der Waals surface area contributed by atoms with Gasteiger partial charge in [0, 0.05) is 5.56 Å². The smallest absolute Gasteiger partial charge is 0.251 e. The van der Waals surface area contributed by atoms with E-state index in [-0.39, 0.29) is 104 Å². The second kappa shape index (κ2) is 15.6. The SMILES string of the molecule is CC1CCC([C@H](NC(=O)c2ccccc2)C(=O)N2C[C@H](F)[C@H]3OCC(=O)[C@H]32)CC1.S.S.S.S.S. The van der Waals surface area contributed by atoms with E-state index < -0.39 is 24.4 Å². The maximum Gasteiger partial charge on any atom is 0.251 e. The lowest BCUT2D eigenvalue weighted by atomic mass is 9.78. The topological polar surface area (TPSA) is 75.7 Å². The van der Waals surface area contributed by atoms with Gasteiger partial charge in [-0.1, -0.05) is 38.0 Å². The zero-order valence-electron chi connectivity index (χ0n) is 19.1. The molecule has 1 aromatic rings. The highest BCUT2D eigenvalue weighted by atomic mass is 32.1. The molecule has 2 amide bonds. The molecular weight excluding hydrogens is 536 g/mol. The van der Waals surface area contributed by atoms with Gasteiger partial charge in [-0.3, -0.25) is 14.4 Å². The van der Waals surface area contributed by atoms with Gasteiger partial charge < -0.3 is 15.0 Å². The average Bonchev–Trinajstić information content (AvgIpc) is 3.28. The summed E-state index contributed by atoms with van der Waals surface area (Å²) in [5.74, 6) is -0.412. The number of ketones is 1. The number of rotatable bonds is 4. The highest BCUT2D eigenvalue weighted by Crippen LogP contribution is 2.34. The van der Waals surface area contributed by atoms with Crippen LogP contribution >= 0.6 is 67.5 Å². The Bertz CT molecular complexity index is 799. The van der Waals surface area contributed by atoms with Crippen molar-refractivity contribution in [2.45, 2.75) is 57.0 Å². The summed E-state index contributed by atoms with van der Waals surface area (Å²) in [6.07, 6.45) is 1.33. The lowest BCUT2D eigenvalue weighted by Gasteiger charge is -2.35. The Morgan fingerprint density at radius 1 is 1.03 bits per heavy atom. The fourth-order valence-corrected chi connectivity index (χ4v) is 4.82. The molecule has 1 saturated carbocycles. The van der Waals surface area contributed by atoms with Crippen molar-refractivity contribution < 1.29 is 23.5 Å². The molecule has 2 aliphatic heterocycles. The molecule has 196 valence electrons. The van der Waals surface area contributed by atoms with Gasteiger partial charge in [0.05, 0.1) is 6.54 Å². The third kappa shape index (κ3) is 7.49. The van der Waals surface area contributed by atoms with Gasteiger partial charge in [0.25, 0.3) is 5.91 Å². The lowest BCUT2D eigenvalue weighted by molar-refractivity contribution is -0.139. The molecule has 0 unspecified atom stereocenters. The number of amides is 2. The molecule has 0 spiro atoms. The zero-order chi connectivity index (χ0) is 20.5. The first-order valence-electron chi connectivity index (χ1n) is 10.4. The first kappa shape index (κ1) is 35.6. The number of benzene rings is 1. The molecule has 1 aromatic carbocycles. The lowest BCUT2D eigenvalue weighted by Crippen LogP contribution is -2.55. The minimum Gasteiger partial charge on any atom is -0.365 e. The fourth-order valence-electron chi connectivity index (χ4n) is 4.82. The number of likely N-dealkylation sites (tertiary alicyclic amines) is 1. The Morgan fingerprint density at radius 2 is 1.62 bits per heavy atom. The first-order valence-corrected chi connectivity index (χ1v) is 10.4. The molecule has 0 aromatic heterocycles. The molecule has 3 fully saturated rings. The van der Waals surface area contributed by atoms with Crippen LogP contribution in [-0.4, -0.2) is 60.0 Å². The predicted molar refractivity (Wildman–Crippen MR) is 156 cm³/mol. The molecule has 3 aliphatic rings. The molecule has 1 aliphatic carbocycles. The van der Waals surface area contributed by atoms with E-state index in [0.717, 1.165) is 25.7 Å². The molecule has 1 N–H and O–H groups in total. The Kier molecular flexibility index (Phi) is 16.3. The van der Waals surface area contributed by atoms with Crippen LogP contribution in [0.15, 0.2) is 30.3 Å². The summed E-state index contributed by atoms with van der Waals surface area (Å²) in [6.45, 7) is 1.85. The van der Waals surface area contributed by atoms with Crippen LogP contribution in [0.3, 0.4) is 0 Å². The minimum atomic E-state index is -1.38. The predicted octanol–water partition coefficient (Wildman–Crippen LogP) is 2.69. The van der Waals surface area contributed by atoms with E-state index >= 15 is 0 Å². The number of fused-ring (bicyclic) bond motifs is 1. The Morgan fingerprint density at radius 3 is 2.21 bits per heavy atom. The normalized spacial score (nSPS) is 27.9.